The van der Waals surface area contributed by atoms with Crippen LogP contribution in [-0.4, -0.2) is 35.6 Å². The molecule has 0 bridgehead atoms. The van der Waals surface area contributed by atoms with Crippen LogP contribution >= 0.6 is 0 Å². The van der Waals surface area contributed by atoms with E-state index in [2.05, 4.69) is 15.6 Å². The van der Waals surface area contributed by atoms with Crippen LogP contribution in [0.25, 0.3) is 0 Å². The Labute approximate surface area is 89.9 Å². The van der Waals surface area contributed by atoms with E-state index in [4.69, 9.17) is 0 Å². The highest BCUT2D eigenvalue weighted by Crippen LogP contribution is 1.93. The van der Waals surface area contributed by atoms with E-state index in [0.717, 1.165) is 18.8 Å². The van der Waals surface area contributed by atoms with Gasteiger partial charge in [-0.15, -0.1) is 0 Å². The highest BCUT2D eigenvalue weighted by Gasteiger charge is 1.99. The lowest BCUT2D eigenvalue weighted by molar-refractivity contribution is -0.120. The molecular weight excluding hydrogens is 192 g/mol. The van der Waals surface area contributed by atoms with Crippen LogP contribution < -0.4 is 10.6 Å². The Balaban J connectivity index is 2.07. The van der Waals surface area contributed by atoms with Crippen LogP contribution in [0.4, 0.5) is 0 Å². The number of amides is 1. The number of aryl methyl sites for hydroxylation is 1. The molecule has 5 nitrogen and oxygen atoms in total. The molecule has 1 aromatic rings. The van der Waals surface area contributed by atoms with Crippen molar-refractivity contribution in [1.82, 2.24) is 20.2 Å². The van der Waals surface area contributed by atoms with Crippen LogP contribution in [0.3, 0.4) is 0 Å². The Morgan fingerprint density at radius 1 is 1.53 bits per heavy atom. The lowest BCUT2D eigenvalue weighted by Crippen LogP contribution is -2.26. The molecule has 0 fully saturated rings. The predicted octanol–water partition coefficient (Wildman–Crippen LogP) is -0.312. The van der Waals surface area contributed by atoms with Crippen LogP contribution in [0.15, 0.2) is 12.4 Å². The molecule has 0 aliphatic carbocycles. The number of carbonyl (C=O) groups excluding carboxylic acids is 1. The summed E-state index contributed by atoms with van der Waals surface area (Å²) in [7, 11) is 3.63. The molecule has 0 aliphatic heterocycles. The van der Waals surface area contributed by atoms with Crippen molar-refractivity contribution >= 4 is 5.91 Å². The first-order valence-electron chi connectivity index (χ1n) is 5.11. The normalized spacial score (nSPS) is 10.3. The predicted molar refractivity (Wildman–Crippen MR) is 58.5 cm³/mol. The summed E-state index contributed by atoms with van der Waals surface area (Å²) < 4.78 is 2.00. The number of imidazole rings is 1. The fourth-order valence-electron chi connectivity index (χ4n) is 1.29. The minimum atomic E-state index is 0.0690. The van der Waals surface area contributed by atoms with Crippen molar-refractivity contribution in [3.8, 4) is 0 Å². The Bertz CT molecular complexity index is 308. The Kier molecular flexibility index (Phi) is 4.83. The Morgan fingerprint density at radius 2 is 2.33 bits per heavy atom. The van der Waals surface area contributed by atoms with Gasteiger partial charge in [-0.2, -0.15) is 0 Å². The van der Waals surface area contributed by atoms with Gasteiger partial charge < -0.3 is 15.2 Å². The van der Waals surface area contributed by atoms with E-state index in [0.29, 0.717) is 13.0 Å². The lowest BCUT2D eigenvalue weighted by atomic mass is 10.3. The summed E-state index contributed by atoms with van der Waals surface area (Å²) >= 11 is 0. The summed E-state index contributed by atoms with van der Waals surface area (Å²) in [5, 5.41) is 5.79. The maximum atomic E-state index is 10.9. The summed E-state index contributed by atoms with van der Waals surface area (Å²) in [5.74, 6) is 1.13. The summed E-state index contributed by atoms with van der Waals surface area (Å²) in [6, 6.07) is 0. The molecule has 0 radical (unpaired) electrons. The van der Waals surface area contributed by atoms with E-state index < -0.39 is 0 Å². The Hall–Kier alpha value is -1.36. The quantitative estimate of drug-likeness (QED) is 0.633. The number of rotatable bonds is 6. The first-order chi connectivity index (χ1) is 7.24. The number of nitrogens with zero attached hydrogens (tertiary/aromatic N) is 2. The van der Waals surface area contributed by atoms with Gasteiger partial charge >= 0.3 is 0 Å². The monoisotopic (exact) mass is 210 g/mol. The third kappa shape index (κ3) is 4.12. The van der Waals surface area contributed by atoms with Gasteiger partial charge in [0.2, 0.25) is 5.91 Å². The van der Waals surface area contributed by atoms with Crippen LogP contribution in [0.1, 0.15) is 12.2 Å². The number of aromatic nitrogens is 2. The van der Waals surface area contributed by atoms with E-state index in [1.165, 1.54) is 0 Å². The first-order valence-corrected chi connectivity index (χ1v) is 5.11. The van der Waals surface area contributed by atoms with Crippen molar-refractivity contribution in [2.75, 3.05) is 20.1 Å². The van der Waals surface area contributed by atoms with Gasteiger partial charge in [-0.1, -0.05) is 0 Å². The first kappa shape index (κ1) is 11.7. The molecular formula is C10H18N4O. The molecule has 5 heteroatoms. The minimum absolute atomic E-state index is 0.0690. The fraction of sp³-hybridized carbons (Fsp3) is 0.600. The van der Waals surface area contributed by atoms with Crippen molar-refractivity contribution in [3.63, 3.8) is 0 Å². The van der Waals surface area contributed by atoms with Crippen molar-refractivity contribution in [2.45, 2.75) is 12.8 Å². The zero-order valence-electron chi connectivity index (χ0n) is 9.29. The van der Waals surface area contributed by atoms with E-state index >= 15 is 0 Å². The zero-order chi connectivity index (χ0) is 11.1. The fourth-order valence-corrected chi connectivity index (χ4v) is 1.29. The zero-order valence-corrected chi connectivity index (χ0v) is 9.29. The second kappa shape index (κ2) is 6.19. The second-order valence-corrected chi connectivity index (χ2v) is 3.38. The second-order valence-electron chi connectivity index (χ2n) is 3.38. The van der Waals surface area contributed by atoms with E-state index in [9.17, 15) is 4.79 Å². The summed E-state index contributed by atoms with van der Waals surface area (Å²) in [6.45, 7) is 1.56. The summed E-state index contributed by atoms with van der Waals surface area (Å²) in [5.41, 5.74) is 0. The van der Waals surface area contributed by atoms with Gasteiger partial charge in [0.05, 0.1) is 0 Å². The van der Waals surface area contributed by atoms with Crippen molar-refractivity contribution in [2.24, 2.45) is 7.05 Å². The van der Waals surface area contributed by atoms with Crippen molar-refractivity contribution in [3.05, 3.63) is 18.2 Å². The Morgan fingerprint density at radius 3 is 2.93 bits per heavy atom. The molecule has 0 aromatic carbocycles. The maximum Gasteiger partial charge on any atom is 0.221 e. The molecule has 1 heterocycles. The summed E-state index contributed by atoms with van der Waals surface area (Å²) in [6.07, 6.45) is 5.13. The van der Waals surface area contributed by atoms with Crippen molar-refractivity contribution in [1.29, 1.82) is 0 Å². The number of hydrogen-bond donors (Lipinski definition) is 2. The van der Waals surface area contributed by atoms with Gasteiger partial charge in [-0.25, -0.2) is 4.98 Å². The molecule has 0 saturated heterocycles. The molecule has 0 unspecified atom stereocenters. The van der Waals surface area contributed by atoms with Crippen LogP contribution in [0.2, 0.25) is 0 Å². The molecule has 0 spiro atoms. The molecule has 0 saturated carbocycles. The molecule has 2 N–H and O–H groups in total. The highest BCUT2D eigenvalue weighted by atomic mass is 16.1. The number of carbonyl (C=O) groups is 1. The van der Waals surface area contributed by atoms with Crippen molar-refractivity contribution < 1.29 is 4.79 Å². The average molecular weight is 210 g/mol. The third-order valence-electron chi connectivity index (χ3n) is 2.25. The van der Waals surface area contributed by atoms with Gasteiger partial charge in [0.15, 0.2) is 0 Å². The largest absolute Gasteiger partial charge is 0.359 e. The van der Waals surface area contributed by atoms with E-state index in [-0.39, 0.29) is 5.91 Å². The SMILES string of the molecule is CNC(=O)CCNCCc1nccn1C. The molecule has 1 aromatic heterocycles. The van der Waals surface area contributed by atoms with E-state index in [1.54, 1.807) is 13.2 Å². The van der Waals surface area contributed by atoms with Crippen LogP contribution in [-0.2, 0) is 18.3 Å². The topological polar surface area (TPSA) is 59.0 Å². The number of nitrogens with one attached hydrogen (secondary N) is 2. The maximum absolute atomic E-state index is 10.9. The lowest BCUT2D eigenvalue weighted by Gasteiger charge is -2.04. The van der Waals surface area contributed by atoms with Crippen LogP contribution in [0.5, 0.6) is 0 Å². The van der Waals surface area contributed by atoms with Crippen LogP contribution in [0, 0.1) is 0 Å². The smallest absolute Gasteiger partial charge is 0.221 e. The molecule has 84 valence electrons. The van der Waals surface area contributed by atoms with Gasteiger partial charge in [-0.3, -0.25) is 4.79 Å². The molecule has 15 heavy (non-hydrogen) atoms. The van der Waals surface area contributed by atoms with E-state index in [1.807, 2.05) is 17.8 Å². The minimum Gasteiger partial charge on any atom is -0.359 e. The van der Waals surface area contributed by atoms with Gasteiger partial charge in [0, 0.05) is 52.4 Å². The molecule has 0 atom stereocenters. The third-order valence-corrected chi connectivity index (χ3v) is 2.25. The van der Waals surface area contributed by atoms with Gasteiger partial charge in [-0.05, 0) is 0 Å². The van der Waals surface area contributed by atoms with Gasteiger partial charge in [0.25, 0.3) is 0 Å². The average Bonchev–Trinajstić information content (AvgIpc) is 2.63. The van der Waals surface area contributed by atoms with Gasteiger partial charge in [0.1, 0.15) is 5.82 Å². The molecule has 1 amide bonds. The molecule has 1 rings (SSSR count). The molecule has 0 aliphatic rings. The highest BCUT2D eigenvalue weighted by molar-refractivity contribution is 5.75. The number of hydrogen-bond acceptors (Lipinski definition) is 3. The standard InChI is InChI=1S/C10H18N4O/c1-11-10(15)4-6-12-5-3-9-13-7-8-14(9)2/h7-8,12H,3-6H2,1-2H3,(H,11,15). The summed E-state index contributed by atoms with van der Waals surface area (Å²) in [4.78, 5) is 15.1.